The Morgan fingerprint density at radius 2 is 2.09 bits per heavy atom. The van der Waals surface area contributed by atoms with Crippen molar-refractivity contribution in [2.75, 3.05) is 12.3 Å². The molecule has 0 unspecified atom stereocenters. The number of ether oxygens (including phenoxy) is 1. The minimum Gasteiger partial charge on any atom is -0.491 e. The molecule has 0 bridgehead atoms. The second-order valence-corrected chi connectivity index (χ2v) is 5.99. The molecule has 23 heavy (non-hydrogen) atoms. The fraction of sp³-hybridized carbons (Fsp3) is 0.333. The minimum absolute atomic E-state index is 0.0392. The van der Waals surface area contributed by atoms with E-state index < -0.39 is 0 Å². The van der Waals surface area contributed by atoms with E-state index in [1.807, 2.05) is 30.3 Å². The van der Waals surface area contributed by atoms with Crippen molar-refractivity contribution < 1.29 is 4.74 Å². The molecule has 0 aliphatic carbocycles. The molecule has 0 fully saturated rings. The zero-order chi connectivity index (χ0) is 16.8. The van der Waals surface area contributed by atoms with Crippen LogP contribution in [-0.2, 0) is 12.8 Å². The summed E-state index contributed by atoms with van der Waals surface area (Å²) in [6.07, 6.45) is 3.35. The maximum Gasteiger partial charge on any atom is 0.143 e. The van der Waals surface area contributed by atoms with Crippen LogP contribution in [0.15, 0.2) is 36.5 Å². The highest BCUT2D eigenvalue weighted by Gasteiger charge is 2.12. The van der Waals surface area contributed by atoms with Crippen molar-refractivity contribution in [2.45, 2.75) is 26.7 Å². The van der Waals surface area contributed by atoms with Gasteiger partial charge in [-0.15, -0.1) is 0 Å². The fourth-order valence-corrected chi connectivity index (χ4v) is 2.43. The Bertz CT molecular complexity index is 668. The van der Waals surface area contributed by atoms with Crippen LogP contribution in [0.25, 0.3) is 0 Å². The lowest BCUT2D eigenvalue weighted by Gasteiger charge is -2.15. The molecule has 0 atom stereocenters. The van der Waals surface area contributed by atoms with Gasteiger partial charge in [-0.3, -0.25) is 10.4 Å². The monoisotopic (exact) mass is 312 g/mol. The topological polar surface area (TPSA) is 98.0 Å². The average Bonchev–Trinajstić information content (AvgIpc) is 2.50. The number of aromatic nitrogens is 1. The largest absolute Gasteiger partial charge is 0.491 e. The molecule has 1 aromatic carbocycles. The van der Waals surface area contributed by atoms with E-state index in [0.717, 1.165) is 17.7 Å². The Balaban J connectivity index is 2.15. The third kappa shape index (κ3) is 4.71. The molecule has 0 aliphatic rings. The highest BCUT2D eigenvalue weighted by molar-refractivity contribution is 6.01. The lowest BCUT2D eigenvalue weighted by molar-refractivity contribution is 0.322. The number of amidine groups is 1. The van der Waals surface area contributed by atoms with Gasteiger partial charge in [-0.25, -0.2) is 0 Å². The average molecular weight is 312 g/mol. The first-order valence-corrected chi connectivity index (χ1v) is 7.77. The Morgan fingerprint density at radius 1 is 1.30 bits per heavy atom. The smallest absolute Gasteiger partial charge is 0.143 e. The van der Waals surface area contributed by atoms with Gasteiger partial charge in [0, 0.05) is 23.9 Å². The summed E-state index contributed by atoms with van der Waals surface area (Å²) in [5.41, 5.74) is 14.7. The number of benzene rings is 1. The molecule has 0 spiro atoms. The van der Waals surface area contributed by atoms with Crippen LogP contribution in [0.4, 0.5) is 5.69 Å². The first kappa shape index (κ1) is 16.8. The molecule has 0 radical (unpaired) electrons. The number of hydrogen-bond donors (Lipinski definition) is 3. The third-order valence-electron chi connectivity index (χ3n) is 3.48. The number of nitrogens with zero attached hydrogens (tertiary/aromatic N) is 1. The van der Waals surface area contributed by atoms with Crippen LogP contribution in [0.2, 0.25) is 0 Å². The van der Waals surface area contributed by atoms with Crippen molar-refractivity contribution in [1.82, 2.24) is 4.98 Å². The summed E-state index contributed by atoms with van der Waals surface area (Å²) in [4.78, 5) is 4.27. The van der Waals surface area contributed by atoms with Crippen molar-refractivity contribution in [3.05, 3.63) is 53.3 Å². The molecule has 0 saturated heterocycles. The van der Waals surface area contributed by atoms with Gasteiger partial charge in [0.05, 0.1) is 12.3 Å². The van der Waals surface area contributed by atoms with Crippen molar-refractivity contribution in [1.29, 1.82) is 5.41 Å². The molecule has 122 valence electrons. The molecule has 0 amide bonds. The first-order chi connectivity index (χ1) is 11.0. The molecule has 0 saturated carbocycles. The Labute approximate surface area is 137 Å². The van der Waals surface area contributed by atoms with Crippen LogP contribution in [0.3, 0.4) is 0 Å². The van der Waals surface area contributed by atoms with E-state index in [4.69, 9.17) is 21.6 Å². The van der Waals surface area contributed by atoms with Gasteiger partial charge >= 0.3 is 0 Å². The van der Waals surface area contributed by atoms with E-state index >= 15 is 0 Å². The Kier molecular flexibility index (Phi) is 5.57. The van der Waals surface area contributed by atoms with Gasteiger partial charge in [0.2, 0.25) is 0 Å². The van der Waals surface area contributed by atoms with E-state index in [9.17, 15) is 0 Å². The molecule has 2 rings (SSSR count). The summed E-state index contributed by atoms with van der Waals surface area (Å²) in [5, 5.41) is 7.70. The summed E-state index contributed by atoms with van der Waals surface area (Å²) in [7, 11) is 0. The van der Waals surface area contributed by atoms with Gasteiger partial charge in [-0.1, -0.05) is 19.9 Å². The number of hydrogen-bond acceptors (Lipinski definition) is 4. The number of nitrogens with two attached hydrogens (primary N) is 2. The summed E-state index contributed by atoms with van der Waals surface area (Å²) in [5.74, 6) is 1.05. The maximum absolute atomic E-state index is 7.70. The van der Waals surface area contributed by atoms with E-state index in [0.29, 0.717) is 35.9 Å². The van der Waals surface area contributed by atoms with E-state index in [-0.39, 0.29) is 5.84 Å². The van der Waals surface area contributed by atoms with Crippen LogP contribution < -0.4 is 16.2 Å². The van der Waals surface area contributed by atoms with Gasteiger partial charge in [0.25, 0.3) is 0 Å². The van der Waals surface area contributed by atoms with Crippen molar-refractivity contribution >= 4 is 11.5 Å². The number of anilines is 1. The second kappa shape index (κ2) is 7.63. The summed E-state index contributed by atoms with van der Waals surface area (Å²) in [6, 6.07) is 9.62. The second-order valence-electron chi connectivity index (χ2n) is 5.99. The third-order valence-corrected chi connectivity index (χ3v) is 3.48. The lowest BCUT2D eigenvalue weighted by Crippen LogP contribution is -2.16. The van der Waals surface area contributed by atoms with Gasteiger partial charge in [0.15, 0.2) is 0 Å². The van der Waals surface area contributed by atoms with Crippen LogP contribution in [0, 0.1) is 11.3 Å². The lowest BCUT2D eigenvalue weighted by atomic mass is 9.99. The van der Waals surface area contributed by atoms with Crippen molar-refractivity contribution in [3.63, 3.8) is 0 Å². The first-order valence-electron chi connectivity index (χ1n) is 7.77. The van der Waals surface area contributed by atoms with Crippen LogP contribution in [0.1, 0.15) is 30.7 Å². The van der Waals surface area contributed by atoms with Gasteiger partial charge < -0.3 is 16.2 Å². The standard InChI is InChI=1S/C18H24N4O/c1-12(2)9-13-10-15(18(20)21)17(19)16(11-13)23-8-6-14-5-3-4-7-22-14/h3-5,7,10-12H,6,8-9,19H2,1-2H3,(H3,20,21). The summed E-state index contributed by atoms with van der Waals surface area (Å²) >= 11 is 0. The number of pyridine rings is 1. The van der Waals surface area contributed by atoms with Crippen LogP contribution in [-0.4, -0.2) is 17.4 Å². The minimum atomic E-state index is -0.0392. The van der Waals surface area contributed by atoms with Crippen LogP contribution in [0.5, 0.6) is 5.75 Å². The molecule has 5 heteroatoms. The Morgan fingerprint density at radius 3 is 2.70 bits per heavy atom. The van der Waals surface area contributed by atoms with Crippen molar-refractivity contribution in [3.8, 4) is 5.75 Å². The van der Waals surface area contributed by atoms with Gasteiger partial charge in [-0.05, 0) is 42.2 Å². The quantitative estimate of drug-likeness (QED) is 0.416. The number of nitrogen functional groups attached to an aromatic ring is 2. The summed E-state index contributed by atoms with van der Waals surface area (Å²) in [6.45, 7) is 4.76. The predicted molar refractivity (Wildman–Crippen MR) is 93.8 cm³/mol. The molecule has 5 N–H and O–H groups in total. The van der Waals surface area contributed by atoms with E-state index in [1.165, 1.54) is 0 Å². The predicted octanol–water partition coefficient (Wildman–Crippen LogP) is 2.77. The fourth-order valence-electron chi connectivity index (χ4n) is 2.43. The van der Waals surface area contributed by atoms with Crippen LogP contribution >= 0.6 is 0 Å². The van der Waals surface area contributed by atoms with Gasteiger partial charge in [0.1, 0.15) is 11.6 Å². The van der Waals surface area contributed by atoms with E-state index in [2.05, 4.69) is 18.8 Å². The zero-order valence-electron chi connectivity index (χ0n) is 13.7. The molecule has 1 heterocycles. The van der Waals surface area contributed by atoms with Gasteiger partial charge in [-0.2, -0.15) is 0 Å². The molecule has 2 aromatic rings. The zero-order valence-corrected chi connectivity index (χ0v) is 13.7. The number of rotatable bonds is 7. The number of nitrogens with one attached hydrogen (secondary N) is 1. The van der Waals surface area contributed by atoms with E-state index in [1.54, 1.807) is 6.20 Å². The summed E-state index contributed by atoms with van der Waals surface area (Å²) < 4.78 is 5.84. The van der Waals surface area contributed by atoms with Crippen molar-refractivity contribution in [2.24, 2.45) is 11.7 Å². The molecular formula is C18H24N4O. The highest BCUT2D eigenvalue weighted by atomic mass is 16.5. The molecule has 5 nitrogen and oxygen atoms in total. The molecule has 0 aliphatic heterocycles. The normalized spacial score (nSPS) is 10.7. The maximum atomic E-state index is 7.70. The Hall–Kier alpha value is -2.56. The SMILES string of the molecule is CC(C)Cc1cc(OCCc2ccccn2)c(N)c(C(=N)N)c1. The molecular weight excluding hydrogens is 288 g/mol. The molecule has 1 aromatic heterocycles. The highest BCUT2D eigenvalue weighted by Crippen LogP contribution is 2.28.